The number of nitrogens with one attached hydrogen (secondary N) is 1. The van der Waals surface area contributed by atoms with Crippen LogP contribution in [0.3, 0.4) is 0 Å². The monoisotopic (exact) mass is 285 g/mol. The van der Waals surface area contributed by atoms with Gasteiger partial charge in [-0.05, 0) is 12.5 Å². The first kappa shape index (κ1) is 14.9. The Balaban J connectivity index is 2.68. The van der Waals surface area contributed by atoms with E-state index >= 15 is 0 Å². The van der Waals surface area contributed by atoms with E-state index in [2.05, 4.69) is 16.9 Å². The van der Waals surface area contributed by atoms with E-state index in [0.717, 1.165) is 12.3 Å². The second-order valence-electron chi connectivity index (χ2n) is 3.43. The highest BCUT2D eigenvalue weighted by molar-refractivity contribution is 6.29. The Morgan fingerprint density at radius 1 is 1.68 bits per heavy atom. The van der Waals surface area contributed by atoms with Gasteiger partial charge in [-0.25, -0.2) is 4.98 Å². The summed E-state index contributed by atoms with van der Waals surface area (Å²) in [5, 5.41) is 13.3. The molecule has 0 aliphatic heterocycles. The highest BCUT2D eigenvalue weighted by Gasteiger charge is 2.20. The minimum absolute atomic E-state index is 0.0192. The summed E-state index contributed by atoms with van der Waals surface area (Å²) in [5.74, 6) is -0.574. The Hall–Kier alpha value is -2.15. The van der Waals surface area contributed by atoms with Gasteiger partial charge in [-0.3, -0.25) is 14.9 Å². The molecule has 0 fully saturated rings. The quantitative estimate of drug-likeness (QED) is 0.271. The maximum absolute atomic E-state index is 11.8. The van der Waals surface area contributed by atoms with Crippen LogP contribution in [0.2, 0.25) is 5.15 Å². The molecule has 0 saturated heterocycles. The highest BCUT2D eigenvalue weighted by Crippen LogP contribution is 2.20. The third-order valence-electron chi connectivity index (χ3n) is 2.13. The minimum Gasteiger partial charge on any atom is -0.502 e. The normalized spacial score (nSPS) is 9.74. The summed E-state index contributed by atoms with van der Waals surface area (Å²) < 4.78 is 4.88. The third-order valence-corrected chi connectivity index (χ3v) is 2.34. The van der Waals surface area contributed by atoms with E-state index in [4.69, 9.17) is 16.3 Å². The van der Waals surface area contributed by atoms with E-state index in [1.807, 2.05) is 0 Å². The topological polar surface area (TPSA) is 94.4 Å². The zero-order valence-corrected chi connectivity index (χ0v) is 10.7. The number of aromatic nitrogens is 1. The molecule has 1 amide bonds. The molecular weight excluding hydrogens is 274 g/mol. The number of hydrogen-bond acceptors (Lipinski definition) is 5. The van der Waals surface area contributed by atoms with Gasteiger partial charge in [0.2, 0.25) is 0 Å². The van der Waals surface area contributed by atoms with E-state index in [1.165, 1.54) is 6.26 Å². The lowest BCUT2D eigenvalue weighted by molar-refractivity contribution is -0.385. The molecule has 0 saturated carbocycles. The first-order chi connectivity index (χ1) is 9.06. The molecule has 1 rings (SSSR count). The fraction of sp³-hybridized carbons (Fsp3) is 0.273. The number of nitro groups is 1. The number of amides is 1. The zero-order chi connectivity index (χ0) is 14.3. The highest BCUT2D eigenvalue weighted by atomic mass is 35.5. The fourth-order valence-corrected chi connectivity index (χ4v) is 1.44. The van der Waals surface area contributed by atoms with E-state index in [0.29, 0.717) is 19.6 Å². The van der Waals surface area contributed by atoms with Crippen molar-refractivity contribution >= 4 is 23.2 Å². The van der Waals surface area contributed by atoms with Crippen LogP contribution >= 0.6 is 11.6 Å². The van der Waals surface area contributed by atoms with Crippen molar-refractivity contribution in [3.8, 4) is 0 Å². The Labute approximate surface area is 114 Å². The van der Waals surface area contributed by atoms with Crippen LogP contribution in [-0.4, -0.2) is 29.0 Å². The summed E-state index contributed by atoms with van der Waals surface area (Å²) in [4.78, 5) is 25.5. The number of rotatable bonds is 7. The smallest absolute Gasteiger partial charge is 0.300 e. The van der Waals surface area contributed by atoms with Gasteiger partial charge in [0.25, 0.3) is 11.6 Å². The van der Waals surface area contributed by atoms with E-state index in [1.54, 1.807) is 0 Å². The number of pyridine rings is 1. The van der Waals surface area contributed by atoms with Gasteiger partial charge in [0.15, 0.2) is 0 Å². The number of hydrogen-bond donors (Lipinski definition) is 1. The van der Waals surface area contributed by atoms with Crippen molar-refractivity contribution in [1.82, 2.24) is 10.3 Å². The van der Waals surface area contributed by atoms with E-state index < -0.39 is 10.8 Å². The molecule has 0 aromatic carbocycles. The lowest BCUT2D eigenvalue weighted by atomic mass is 10.2. The summed E-state index contributed by atoms with van der Waals surface area (Å²) in [7, 11) is 0. The van der Waals surface area contributed by atoms with Gasteiger partial charge in [-0.15, -0.1) is 0 Å². The molecule has 8 heteroatoms. The van der Waals surface area contributed by atoms with Crippen LogP contribution in [0.15, 0.2) is 25.1 Å². The number of carbonyl (C=O) groups is 1. The van der Waals surface area contributed by atoms with Gasteiger partial charge < -0.3 is 10.1 Å². The third kappa shape index (κ3) is 4.55. The van der Waals surface area contributed by atoms with Crippen LogP contribution in [0.25, 0.3) is 0 Å². The van der Waals surface area contributed by atoms with E-state index in [-0.39, 0.29) is 16.4 Å². The van der Waals surface area contributed by atoms with Crippen LogP contribution in [0.1, 0.15) is 16.8 Å². The fourth-order valence-electron chi connectivity index (χ4n) is 1.29. The molecular formula is C11H12ClN3O4. The number of nitrogens with zero attached hydrogens (tertiary/aromatic N) is 2. The number of halogens is 1. The first-order valence-corrected chi connectivity index (χ1v) is 5.74. The van der Waals surface area contributed by atoms with Gasteiger partial charge in [-0.1, -0.05) is 18.2 Å². The van der Waals surface area contributed by atoms with Crippen molar-refractivity contribution in [2.24, 2.45) is 0 Å². The second-order valence-corrected chi connectivity index (χ2v) is 3.82. The largest absolute Gasteiger partial charge is 0.502 e. The Morgan fingerprint density at radius 2 is 2.42 bits per heavy atom. The molecule has 0 aliphatic carbocycles. The molecule has 0 unspecified atom stereocenters. The SMILES string of the molecule is C=COCCCNC(=O)c1cc(Cl)ncc1[N+](=O)[O-]. The van der Waals surface area contributed by atoms with Crippen molar-refractivity contribution in [3.05, 3.63) is 45.9 Å². The van der Waals surface area contributed by atoms with Gasteiger partial charge in [-0.2, -0.15) is 0 Å². The van der Waals surface area contributed by atoms with Crippen LogP contribution < -0.4 is 5.32 Å². The Morgan fingerprint density at radius 3 is 3.05 bits per heavy atom. The molecule has 19 heavy (non-hydrogen) atoms. The predicted molar refractivity (Wildman–Crippen MR) is 69.0 cm³/mol. The molecule has 0 radical (unpaired) electrons. The zero-order valence-electron chi connectivity index (χ0n) is 9.97. The number of carbonyl (C=O) groups excluding carboxylic acids is 1. The van der Waals surface area contributed by atoms with Gasteiger partial charge in [0, 0.05) is 6.54 Å². The van der Waals surface area contributed by atoms with E-state index in [9.17, 15) is 14.9 Å². The molecule has 1 aromatic rings. The van der Waals surface area contributed by atoms with Crippen LogP contribution in [0.4, 0.5) is 5.69 Å². The molecule has 7 nitrogen and oxygen atoms in total. The van der Waals surface area contributed by atoms with Crippen LogP contribution in [0.5, 0.6) is 0 Å². The van der Waals surface area contributed by atoms with Crippen molar-refractivity contribution < 1.29 is 14.5 Å². The molecule has 1 heterocycles. The van der Waals surface area contributed by atoms with Crippen molar-refractivity contribution in [1.29, 1.82) is 0 Å². The summed E-state index contributed by atoms with van der Waals surface area (Å²) >= 11 is 5.62. The minimum atomic E-state index is -0.681. The first-order valence-electron chi connectivity index (χ1n) is 5.37. The lowest BCUT2D eigenvalue weighted by Gasteiger charge is -2.05. The molecule has 0 bridgehead atoms. The number of ether oxygens (including phenoxy) is 1. The van der Waals surface area contributed by atoms with Crippen LogP contribution in [0, 0.1) is 10.1 Å². The maximum Gasteiger partial charge on any atom is 0.300 e. The molecule has 1 N–H and O–H groups in total. The van der Waals surface area contributed by atoms with Crippen molar-refractivity contribution in [2.75, 3.05) is 13.2 Å². The molecule has 0 spiro atoms. The van der Waals surface area contributed by atoms with Gasteiger partial charge in [0.1, 0.15) is 16.9 Å². The lowest BCUT2D eigenvalue weighted by Crippen LogP contribution is -2.26. The van der Waals surface area contributed by atoms with Gasteiger partial charge in [0.05, 0.1) is 17.8 Å². The summed E-state index contributed by atoms with van der Waals surface area (Å²) in [6.45, 7) is 4.10. The van der Waals surface area contributed by atoms with Crippen LogP contribution in [-0.2, 0) is 4.74 Å². The maximum atomic E-state index is 11.8. The van der Waals surface area contributed by atoms with Gasteiger partial charge >= 0.3 is 0 Å². The molecule has 102 valence electrons. The van der Waals surface area contributed by atoms with Crippen molar-refractivity contribution in [2.45, 2.75) is 6.42 Å². The Kier molecular flexibility index (Phi) is 5.74. The van der Waals surface area contributed by atoms with Crippen molar-refractivity contribution in [3.63, 3.8) is 0 Å². The molecule has 0 atom stereocenters. The summed E-state index contributed by atoms with van der Waals surface area (Å²) in [6, 6.07) is 1.16. The molecule has 0 aliphatic rings. The second kappa shape index (κ2) is 7.32. The molecule has 1 aromatic heterocycles. The standard InChI is InChI=1S/C11H12ClN3O4/c1-2-19-5-3-4-13-11(16)8-6-10(12)14-7-9(8)15(17)18/h2,6-7H,1,3-5H2,(H,13,16). The summed E-state index contributed by atoms with van der Waals surface area (Å²) in [6.07, 6.45) is 2.82. The average Bonchev–Trinajstić information content (AvgIpc) is 2.37. The summed E-state index contributed by atoms with van der Waals surface area (Å²) in [5.41, 5.74) is -0.501. The predicted octanol–water partition coefficient (Wildman–Crippen LogP) is 1.92. The Bertz CT molecular complexity index is 493. The average molecular weight is 286 g/mol.